The van der Waals surface area contributed by atoms with E-state index in [1.165, 1.54) is 18.6 Å². The van der Waals surface area contributed by atoms with Gasteiger partial charge in [0.05, 0.1) is 15.8 Å². The van der Waals surface area contributed by atoms with Gasteiger partial charge in [-0.25, -0.2) is 0 Å². The molecule has 29 heavy (non-hydrogen) atoms. The lowest BCUT2D eigenvalue weighted by Gasteiger charge is -2.24. The van der Waals surface area contributed by atoms with Crippen molar-refractivity contribution < 1.29 is 4.92 Å². The third-order valence-electron chi connectivity index (χ3n) is 5.73. The van der Waals surface area contributed by atoms with Crippen LogP contribution in [0.2, 0.25) is 0 Å². The Kier molecular flexibility index (Phi) is 4.12. The standard InChI is InChI=1S/C21H19N5O3/c27-20-17-8-4-5-9-18(17)25-19(14-10-12-16(13-11-14)26(28)29)22-23-21(25)24(20)15-6-2-1-3-7-15/h4-5,8-13,15H,1-3,6-7H2. The Morgan fingerprint density at radius 3 is 2.41 bits per heavy atom. The SMILES string of the molecule is O=c1c2ccccc2n2c(-c3ccc([N+](=O)[O-])cc3)nnc2n1C1CCCCC1. The van der Waals surface area contributed by atoms with Crippen molar-refractivity contribution in [2.75, 3.05) is 0 Å². The van der Waals surface area contributed by atoms with E-state index in [0.29, 0.717) is 22.6 Å². The maximum atomic E-state index is 13.3. The van der Waals surface area contributed by atoms with Crippen LogP contribution in [0.5, 0.6) is 0 Å². The molecule has 0 atom stereocenters. The van der Waals surface area contributed by atoms with Crippen molar-refractivity contribution in [1.29, 1.82) is 0 Å². The molecule has 2 heterocycles. The topological polar surface area (TPSA) is 95.3 Å². The first-order valence-corrected chi connectivity index (χ1v) is 9.78. The molecule has 1 fully saturated rings. The first-order valence-electron chi connectivity index (χ1n) is 9.78. The van der Waals surface area contributed by atoms with E-state index in [9.17, 15) is 14.9 Å². The van der Waals surface area contributed by atoms with Gasteiger partial charge in [0.1, 0.15) is 0 Å². The van der Waals surface area contributed by atoms with Crippen LogP contribution in [0.25, 0.3) is 28.1 Å². The van der Waals surface area contributed by atoms with Crippen molar-refractivity contribution in [3.05, 3.63) is 69.0 Å². The first kappa shape index (κ1) is 17.5. The van der Waals surface area contributed by atoms with E-state index in [2.05, 4.69) is 10.2 Å². The minimum atomic E-state index is -0.429. The van der Waals surface area contributed by atoms with Crippen molar-refractivity contribution >= 4 is 22.4 Å². The number of nitro groups is 1. The maximum absolute atomic E-state index is 13.3. The fraction of sp³-hybridized carbons (Fsp3) is 0.286. The number of nitrogens with zero attached hydrogens (tertiary/aromatic N) is 5. The summed E-state index contributed by atoms with van der Waals surface area (Å²) >= 11 is 0. The quantitative estimate of drug-likeness (QED) is 0.388. The highest BCUT2D eigenvalue weighted by molar-refractivity contribution is 5.82. The van der Waals surface area contributed by atoms with Crippen LogP contribution in [-0.4, -0.2) is 24.1 Å². The Labute approximate surface area is 165 Å². The molecule has 2 aromatic carbocycles. The van der Waals surface area contributed by atoms with Crippen molar-refractivity contribution in [2.24, 2.45) is 0 Å². The lowest BCUT2D eigenvalue weighted by Crippen LogP contribution is -2.28. The molecule has 8 heteroatoms. The van der Waals surface area contributed by atoms with Crippen molar-refractivity contribution in [2.45, 2.75) is 38.1 Å². The molecule has 1 saturated carbocycles. The number of fused-ring (bicyclic) bond motifs is 3. The van der Waals surface area contributed by atoms with Crippen LogP contribution < -0.4 is 5.56 Å². The molecule has 0 bridgehead atoms. The van der Waals surface area contributed by atoms with Crippen LogP contribution in [0.3, 0.4) is 0 Å². The fourth-order valence-electron chi connectivity index (χ4n) is 4.31. The summed E-state index contributed by atoms with van der Waals surface area (Å²) in [5.74, 6) is 1.09. The van der Waals surface area contributed by atoms with Gasteiger partial charge in [-0.15, -0.1) is 10.2 Å². The third-order valence-corrected chi connectivity index (χ3v) is 5.73. The van der Waals surface area contributed by atoms with Crippen LogP contribution in [0.15, 0.2) is 53.3 Å². The summed E-state index contributed by atoms with van der Waals surface area (Å²) in [4.78, 5) is 23.9. The van der Waals surface area contributed by atoms with E-state index in [4.69, 9.17) is 0 Å². The zero-order chi connectivity index (χ0) is 20.0. The highest BCUT2D eigenvalue weighted by Gasteiger charge is 2.24. The fourth-order valence-corrected chi connectivity index (χ4v) is 4.31. The predicted molar refractivity (Wildman–Crippen MR) is 109 cm³/mol. The van der Waals surface area contributed by atoms with Gasteiger partial charge in [0.25, 0.3) is 11.2 Å². The van der Waals surface area contributed by atoms with Crippen LogP contribution in [0, 0.1) is 10.1 Å². The summed E-state index contributed by atoms with van der Waals surface area (Å²) in [6.45, 7) is 0. The molecule has 0 aliphatic heterocycles. The molecule has 1 aliphatic rings. The Bertz CT molecular complexity index is 1280. The molecule has 146 valence electrons. The Balaban J connectivity index is 1.80. The Morgan fingerprint density at radius 2 is 1.69 bits per heavy atom. The van der Waals surface area contributed by atoms with Gasteiger partial charge in [-0.1, -0.05) is 31.4 Å². The van der Waals surface area contributed by atoms with E-state index in [-0.39, 0.29) is 17.3 Å². The summed E-state index contributed by atoms with van der Waals surface area (Å²) in [5, 5.41) is 20.3. The predicted octanol–water partition coefficient (Wildman–Crippen LogP) is 4.12. The maximum Gasteiger partial charge on any atom is 0.269 e. The van der Waals surface area contributed by atoms with Gasteiger partial charge in [0, 0.05) is 23.7 Å². The second-order valence-electron chi connectivity index (χ2n) is 7.45. The Morgan fingerprint density at radius 1 is 0.966 bits per heavy atom. The summed E-state index contributed by atoms with van der Waals surface area (Å²) in [6, 6.07) is 13.8. The Hall–Kier alpha value is -3.55. The molecular formula is C21H19N5O3. The average molecular weight is 389 g/mol. The number of para-hydroxylation sites is 1. The number of aromatic nitrogens is 4. The summed E-state index contributed by atoms with van der Waals surface area (Å²) in [6.07, 6.45) is 5.29. The van der Waals surface area contributed by atoms with E-state index < -0.39 is 4.92 Å². The number of rotatable bonds is 3. The molecule has 4 aromatic rings. The molecule has 0 radical (unpaired) electrons. The second kappa shape index (κ2) is 6.80. The number of nitro benzene ring substituents is 1. The number of hydrogen-bond acceptors (Lipinski definition) is 5. The summed E-state index contributed by atoms with van der Waals surface area (Å²) < 4.78 is 3.69. The molecule has 2 aromatic heterocycles. The minimum absolute atomic E-state index is 0.0199. The van der Waals surface area contributed by atoms with E-state index >= 15 is 0 Å². The van der Waals surface area contributed by atoms with Gasteiger partial charge in [-0.3, -0.25) is 23.9 Å². The van der Waals surface area contributed by atoms with Crippen LogP contribution >= 0.6 is 0 Å². The van der Waals surface area contributed by atoms with Gasteiger partial charge in [-0.05, 0) is 37.1 Å². The van der Waals surface area contributed by atoms with Gasteiger partial charge in [0.2, 0.25) is 5.78 Å². The summed E-state index contributed by atoms with van der Waals surface area (Å²) in [7, 11) is 0. The molecule has 0 amide bonds. The first-order chi connectivity index (χ1) is 14.1. The zero-order valence-electron chi connectivity index (χ0n) is 15.7. The number of hydrogen-bond donors (Lipinski definition) is 0. The van der Waals surface area contributed by atoms with Gasteiger partial charge >= 0.3 is 0 Å². The smallest absolute Gasteiger partial charge is 0.269 e. The van der Waals surface area contributed by atoms with Crippen LogP contribution in [-0.2, 0) is 0 Å². The van der Waals surface area contributed by atoms with Gasteiger partial charge in [-0.2, -0.15) is 0 Å². The largest absolute Gasteiger partial charge is 0.273 e. The van der Waals surface area contributed by atoms with Gasteiger partial charge < -0.3 is 0 Å². The van der Waals surface area contributed by atoms with Crippen LogP contribution in [0.1, 0.15) is 38.1 Å². The summed E-state index contributed by atoms with van der Waals surface area (Å²) in [5.41, 5.74) is 1.43. The lowest BCUT2D eigenvalue weighted by molar-refractivity contribution is -0.384. The second-order valence-corrected chi connectivity index (χ2v) is 7.45. The lowest BCUT2D eigenvalue weighted by atomic mass is 9.95. The number of benzene rings is 2. The minimum Gasteiger partial charge on any atom is -0.273 e. The molecule has 0 saturated heterocycles. The van der Waals surface area contributed by atoms with E-state index in [1.54, 1.807) is 16.7 Å². The molecule has 0 spiro atoms. The van der Waals surface area contributed by atoms with E-state index in [1.807, 2.05) is 28.7 Å². The average Bonchev–Trinajstić information content (AvgIpc) is 3.20. The molecule has 5 rings (SSSR count). The van der Waals surface area contributed by atoms with Crippen molar-refractivity contribution in [3.8, 4) is 11.4 Å². The van der Waals surface area contributed by atoms with Crippen molar-refractivity contribution in [3.63, 3.8) is 0 Å². The monoisotopic (exact) mass is 389 g/mol. The molecule has 0 unspecified atom stereocenters. The highest BCUT2D eigenvalue weighted by atomic mass is 16.6. The van der Waals surface area contributed by atoms with Crippen molar-refractivity contribution in [1.82, 2.24) is 19.2 Å². The highest BCUT2D eigenvalue weighted by Crippen LogP contribution is 2.30. The number of non-ortho nitro benzene ring substituents is 1. The normalized spacial score (nSPS) is 15.2. The molecule has 0 N–H and O–H groups in total. The third kappa shape index (κ3) is 2.79. The van der Waals surface area contributed by atoms with Gasteiger partial charge in [0.15, 0.2) is 5.82 Å². The molecule has 8 nitrogen and oxygen atoms in total. The van der Waals surface area contributed by atoms with E-state index in [0.717, 1.165) is 31.2 Å². The molecular weight excluding hydrogens is 370 g/mol. The molecule has 1 aliphatic carbocycles. The van der Waals surface area contributed by atoms with Crippen LogP contribution in [0.4, 0.5) is 5.69 Å². The zero-order valence-corrected chi connectivity index (χ0v) is 15.7.